The van der Waals surface area contributed by atoms with Gasteiger partial charge in [-0.2, -0.15) is 0 Å². The number of carbonyl (C=O) groups is 2. The minimum absolute atomic E-state index is 0.0784. The van der Waals surface area contributed by atoms with E-state index in [1.165, 1.54) is 25.2 Å². The Balaban J connectivity index is 2.74. The highest BCUT2D eigenvalue weighted by Gasteiger charge is 2.20. The van der Waals surface area contributed by atoms with E-state index in [1.54, 1.807) is 0 Å². The van der Waals surface area contributed by atoms with Crippen molar-refractivity contribution in [1.29, 1.82) is 0 Å². The molecule has 0 bridgehead atoms. The predicted molar refractivity (Wildman–Crippen MR) is 55.4 cm³/mol. The van der Waals surface area contributed by atoms with E-state index < -0.39 is 5.92 Å². The lowest BCUT2D eigenvalue weighted by Crippen LogP contribution is -2.21. The third kappa shape index (κ3) is 2.73. The lowest BCUT2D eigenvalue weighted by atomic mass is 9.97. The third-order valence-electron chi connectivity index (χ3n) is 2.03. The van der Waals surface area contributed by atoms with Crippen LogP contribution in [0.1, 0.15) is 24.5 Å². The lowest BCUT2D eigenvalue weighted by Gasteiger charge is -2.06. The number of aryl methyl sites for hydroxylation is 1. The van der Waals surface area contributed by atoms with Crippen LogP contribution in [0.5, 0.6) is 0 Å². The standard InChI is InChI=1S/C10H13NO2S/c1-6-5-14-10(11-6)4-9(7(2)12)8(3)13/h5,9H,4H2,1-3H3. The summed E-state index contributed by atoms with van der Waals surface area (Å²) in [6, 6.07) is 0. The average Bonchev–Trinajstić information content (AvgIpc) is 2.46. The molecule has 1 aromatic rings. The molecule has 0 saturated heterocycles. The number of carbonyl (C=O) groups excluding carboxylic acids is 2. The van der Waals surface area contributed by atoms with Crippen LogP contribution in [0.4, 0.5) is 0 Å². The van der Waals surface area contributed by atoms with E-state index in [9.17, 15) is 9.59 Å². The molecule has 0 saturated carbocycles. The molecule has 14 heavy (non-hydrogen) atoms. The fourth-order valence-corrected chi connectivity index (χ4v) is 2.06. The van der Waals surface area contributed by atoms with E-state index >= 15 is 0 Å². The van der Waals surface area contributed by atoms with Gasteiger partial charge in [-0.05, 0) is 20.8 Å². The molecular weight excluding hydrogens is 198 g/mol. The molecule has 0 spiro atoms. The molecule has 0 aliphatic rings. The molecule has 76 valence electrons. The topological polar surface area (TPSA) is 47.0 Å². The number of Topliss-reactive ketones (excluding diaryl/α,β-unsaturated/α-hetero) is 2. The van der Waals surface area contributed by atoms with Crippen LogP contribution in [0.25, 0.3) is 0 Å². The molecule has 4 heteroatoms. The fourth-order valence-electron chi connectivity index (χ4n) is 1.24. The molecular formula is C10H13NO2S. The maximum Gasteiger partial charge on any atom is 0.140 e. The lowest BCUT2D eigenvalue weighted by molar-refractivity contribution is -0.130. The van der Waals surface area contributed by atoms with Gasteiger partial charge in [-0.25, -0.2) is 4.98 Å². The number of ketones is 2. The van der Waals surface area contributed by atoms with Crippen molar-refractivity contribution in [2.45, 2.75) is 27.2 Å². The highest BCUT2D eigenvalue weighted by molar-refractivity contribution is 7.09. The van der Waals surface area contributed by atoms with Crippen LogP contribution >= 0.6 is 11.3 Å². The monoisotopic (exact) mass is 211 g/mol. The molecule has 1 aromatic heterocycles. The summed E-state index contributed by atoms with van der Waals surface area (Å²) in [4.78, 5) is 26.5. The molecule has 3 nitrogen and oxygen atoms in total. The molecule has 1 heterocycles. The van der Waals surface area contributed by atoms with Crippen LogP contribution in [0.3, 0.4) is 0 Å². The van der Waals surface area contributed by atoms with Gasteiger partial charge in [0, 0.05) is 17.5 Å². The summed E-state index contributed by atoms with van der Waals surface area (Å²) in [5.41, 5.74) is 0.941. The molecule has 1 rings (SSSR count). The first-order valence-corrected chi connectivity index (χ1v) is 5.30. The zero-order valence-corrected chi connectivity index (χ0v) is 9.35. The molecule has 0 N–H and O–H groups in total. The number of rotatable bonds is 4. The van der Waals surface area contributed by atoms with Crippen molar-refractivity contribution in [2.24, 2.45) is 5.92 Å². The van der Waals surface area contributed by atoms with Crippen molar-refractivity contribution in [3.05, 3.63) is 16.1 Å². The Kier molecular flexibility index (Phi) is 3.52. The van der Waals surface area contributed by atoms with E-state index in [0.717, 1.165) is 10.7 Å². The maximum absolute atomic E-state index is 11.2. The Bertz CT molecular complexity index is 343. The van der Waals surface area contributed by atoms with Gasteiger partial charge >= 0.3 is 0 Å². The molecule has 0 aliphatic heterocycles. The Hall–Kier alpha value is -1.03. The summed E-state index contributed by atoms with van der Waals surface area (Å²) in [5, 5.41) is 2.78. The summed E-state index contributed by atoms with van der Waals surface area (Å²) < 4.78 is 0. The van der Waals surface area contributed by atoms with Crippen molar-refractivity contribution in [3.63, 3.8) is 0 Å². The van der Waals surface area contributed by atoms with Crippen molar-refractivity contribution < 1.29 is 9.59 Å². The summed E-state index contributed by atoms with van der Waals surface area (Å²) in [6.45, 7) is 4.80. The van der Waals surface area contributed by atoms with E-state index in [1.807, 2.05) is 12.3 Å². The second-order valence-corrected chi connectivity index (χ2v) is 4.30. The van der Waals surface area contributed by atoms with Gasteiger partial charge in [0.25, 0.3) is 0 Å². The van der Waals surface area contributed by atoms with E-state index in [0.29, 0.717) is 6.42 Å². The molecule has 0 fully saturated rings. The molecule has 0 aromatic carbocycles. The molecule has 0 radical (unpaired) electrons. The number of nitrogens with zero attached hydrogens (tertiary/aromatic N) is 1. The van der Waals surface area contributed by atoms with Crippen LogP contribution < -0.4 is 0 Å². The van der Waals surface area contributed by atoms with Gasteiger partial charge in [-0.3, -0.25) is 9.59 Å². The van der Waals surface area contributed by atoms with Gasteiger partial charge in [0.2, 0.25) is 0 Å². The zero-order valence-electron chi connectivity index (χ0n) is 8.53. The van der Waals surface area contributed by atoms with Crippen molar-refractivity contribution in [2.75, 3.05) is 0 Å². The first-order chi connectivity index (χ1) is 6.50. The fraction of sp³-hybridized carbons (Fsp3) is 0.500. The zero-order chi connectivity index (χ0) is 10.7. The largest absolute Gasteiger partial charge is 0.299 e. The van der Waals surface area contributed by atoms with E-state index in [4.69, 9.17) is 0 Å². The first kappa shape index (κ1) is 11.0. The second kappa shape index (κ2) is 4.46. The van der Waals surface area contributed by atoms with Crippen molar-refractivity contribution in [3.8, 4) is 0 Å². The molecule has 0 amide bonds. The van der Waals surface area contributed by atoms with Crippen molar-refractivity contribution in [1.82, 2.24) is 4.98 Å². The average molecular weight is 211 g/mol. The minimum atomic E-state index is -0.513. The van der Waals surface area contributed by atoms with Gasteiger partial charge in [-0.1, -0.05) is 0 Å². The van der Waals surface area contributed by atoms with Gasteiger partial charge in [-0.15, -0.1) is 11.3 Å². The number of hydrogen-bond donors (Lipinski definition) is 0. The van der Waals surface area contributed by atoms with Crippen LogP contribution in [0, 0.1) is 12.8 Å². The van der Waals surface area contributed by atoms with Gasteiger partial charge in [0.05, 0.1) is 10.9 Å². The SMILES string of the molecule is CC(=O)C(Cc1nc(C)cs1)C(C)=O. The van der Waals surface area contributed by atoms with Crippen LogP contribution in [-0.2, 0) is 16.0 Å². The summed E-state index contributed by atoms with van der Waals surface area (Å²) in [7, 11) is 0. The minimum Gasteiger partial charge on any atom is -0.299 e. The quantitative estimate of drug-likeness (QED) is 0.713. The number of hydrogen-bond acceptors (Lipinski definition) is 4. The van der Waals surface area contributed by atoms with E-state index in [-0.39, 0.29) is 11.6 Å². The summed E-state index contributed by atoms with van der Waals surface area (Å²) >= 11 is 1.50. The van der Waals surface area contributed by atoms with Crippen molar-refractivity contribution >= 4 is 22.9 Å². The first-order valence-electron chi connectivity index (χ1n) is 4.42. The van der Waals surface area contributed by atoms with Crippen LogP contribution in [0.2, 0.25) is 0 Å². The van der Waals surface area contributed by atoms with Crippen LogP contribution in [-0.4, -0.2) is 16.6 Å². The summed E-state index contributed by atoms with van der Waals surface area (Å²) in [5.74, 6) is -0.670. The number of aromatic nitrogens is 1. The molecule has 0 unspecified atom stereocenters. The Morgan fingerprint density at radius 3 is 2.36 bits per heavy atom. The third-order valence-corrected chi connectivity index (χ3v) is 3.02. The van der Waals surface area contributed by atoms with Gasteiger partial charge < -0.3 is 0 Å². The Morgan fingerprint density at radius 2 is 2.00 bits per heavy atom. The Morgan fingerprint density at radius 1 is 1.43 bits per heavy atom. The molecule has 0 aliphatic carbocycles. The highest BCUT2D eigenvalue weighted by Crippen LogP contribution is 2.15. The van der Waals surface area contributed by atoms with Gasteiger partial charge in [0.15, 0.2) is 0 Å². The highest BCUT2D eigenvalue weighted by atomic mass is 32.1. The van der Waals surface area contributed by atoms with E-state index in [2.05, 4.69) is 4.98 Å². The summed E-state index contributed by atoms with van der Waals surface area (Å²) in [6.07, 6.45) is 0.448. The molecule has 0 atom stereocenters. The van der Waals surface area contributed by atoms with Gasteiger partial charge in [0.1, 0.15) is 11.6 Å². The maximum atomic E-state index is 11.2. The number of thiazole rings is 1. The smallest absolute Gasteiger partial charge is 0.140 e. The van der Waals surface area contributed by atoms with Crippen LogP contribution in [0.15, 0.2) is 5.38 Å². The predicted octanol–water partition coefficient (Wildman–Crippen LogP) is 1.79. The second-order valence-electron chi connectivity index (χ2n) is 3.36. The Labute approximate surface area is 87.2 Å². The normalized spacial score (nSPS) is 10.6.